The zero-order chi connectivity index (χ0) is 14.8. The number of hydrogen-bond acceptors (Lipinski definition) is 2. The fourth-order valence-electron chi connectivity index (χ4n) is 6.52. The standard InChI is InChI=1S/C19H28O2/c1-11-9-17-16-5-3-12-10-13(20)4-6-14(12)15(16)7-8-19(17,2)18(11)21/h10-11,14-18,21H,3-9H2,1-2H3/t11-,14+,15-,16-,17+,18-,19+/m1/s1. The number of carbonyl (C=O) groups is 1. The van der Waals surface area contributed by atoms with E-state index in [4.69, 9.17) is 0 Å². The molecule has 3 fully saturated rings. The van der Waals surface area contributed by atoms with Gasteiger partial charge in [0.1, 0.15) is 0 Å². The third-order valence-corrected chi connectivity index (χ3v) is 7.58. The summed E-state index contributed by atoms with van der Waals surface area (Å²) in [5.41, 5.74) is 1.62. The summed E-state index contributed by atoms with van der Waals surface area (Å²) in [5, 5.41) is 10.7. The molecule has 0 bridgehead atoms. The predicted molar refractivity (Wildman–Crippen MR) is 82.6 cm³/mol. The lowest BCUT2D eigenvalue weighted by Gasteiger charge is -2.53. The van der Waals surface area contributed by atoms with Crippen molar-refractivity contribution in [3.63, 3.8) is 0 Å². The Labute approximate surface area is 128 Å². The highest BCUT2D eigenvalue weighted by molar-refractivity contribution is 5.91. The van der Waals surface area contributed by atoms with Crippen LogP contribution in [0.5, 0.6) is 0 Å². The zero-order valence-corrected chi connectivity index (χ0v) is 13.3. The van der Waals surface area contributed by atoms with Gasteiger partial charge in [-0.3, -0.25) is 4.79 Å². The maximum atomic E-state index is 11.7. The highest BCUT2D eigenvalue weighted by Crippen LogP contribution is 2.62. The van der Waals surface area contributed by atoms with Crippen molar-refractivity contribution in [3.8, 4) is 0 Å². The molecular weight excluding hydrogens is 260 g/mol. The van der Waals surface area contributed by atoms with Gasteiger partial charge in [-0.1, -0.05) is 19.4 Å². The Bertz CT molecular complexity index is 494. The quantitative estimate of drug-likeness (QED) is 0.737. The maximum absolute atomic E-state index is 11.7. The van der Waals surface area contributed by atoms with Crippen LogP contribution >= 0.6 is 0 Å². The fraction of sp³-hybridized carbons (Fsp3) is 0.842. The van der Waals surface area contributed by atoms with Crippen LogP contribution in [-0.4, -0.2) is 17.0 Å². The third kappa shape index (κ3) is 1.91. The Balaban J connectivity index is 1.64. The van der Waals surface area contributed by atoms with E-state index < -0.39 is 0 Å². The number of carbonyl (C=O) groups excluding carboxylic acids is 1. The van der Waals surface area contributed by atoms with E-state index in [1.807, 2.05) is 6.08 Å². The normalized spacial score (nSPS) is 52.7. The summed E-state index contributed by atoms with van der Waals surface area (Å²) < 4.78 is 0. The monoisotopic (exact) mass is 288 g/mol. The van der Waals surface area contributed by atoms with Gasteiger partial charge in [0.2, 0.25) is 0 Å². The minimum Gasteiger partial charge on any atom is -0.392 e. The molecule has 116 valence electrons. The molecule has 0 unspecified atom stereocenters. The third-order valence-electron chi connectivity index (χ3n) is 7.58. The first kappa shape index (κ1) is 14.0. The molecule has 4 aliphatic carbocycles. The average molecular weight is 288 g/mol. The maximum Gasteiger partial charge on any atom is 0.155 e. The van der Waals surface area contributed by atoms with Gasteiger partial charge in [-0.15, -0.1) is 0 Å². The van der Waals surface area contributed by atoms with Gasteiger partial charge in [-0.2, -0.15) is 0 Å². The van der Waals surface area contributed by atoms with Crippen molar-refractivity contribution in [2.45, 2.75) is 64.9 Å². The number of ketones is 1. The van der Waals surface area contributed by atoms with Gasteiger partial charge in [0.15, 0.2) is 5.78 Å². The van der Waals surface area contributed by atoms with Gasteiger partial charge in [0.05, 0.1) is 6.10 Å². The average Bonchev–Trinajstić information content (AvgIpc) is 2.70. The topological polar surface area (TPSA) is 37.3 Å². The summed E-state index contributed by atoms with van der Waals surface area (Å²) in [6.07, 6.45) is 9.77. The van der Waals surface area contributed by atoms with E-state index in [0.717, 1.165) is 31.1 Å². The minimum atomic E-state index is -0.103. The molecule has 4 rings (SSSR count). The van der Waals surface area contributed by atoms with Crippen molar-refractivity contribution in [2.75, 3.05) is 0 Å². The largest absolute Gasteiger partial charge is 0.392 e. The number of allylic oxidation sites excluding steroid dienone is 1. The summed E-state index contributed by atoms with van der Waals surface area (Å²) >= 11 is 0. The second-order valence-electron chi connectivity index (χ2n) is 8.51. The number of fused-ring (bicyclic) bond motifs is 5. The van der Waals surface area contributed by atoms with E-state index in [0.29, 0.717) is 23.5 Å². The number of rotatable bonds is 0. The van der Waals surface area contributed by atoms with E-state index in [-0.39, 0.29) is 11.5 Å². The van der Waals surface area contributed by atoms with Gasteiger partial charge < -0.3 is 5.11 Å². The van der Waals surface area contributed by atoms with Crippen molar-refractivity contribution in [1.82, 2.24) is 0 Å². The van der Waals surface area contributed by atoms with Crippen molar-refractivity contribution in [1.29, 1.82) is 0 Å². The van der Waals surface area contributed by atoms with Gasteiger partial charge in [-0.05, 0) is 79.6 Å². The molecule has 1 N–H and O–H groups in total. The van der Waals surface area contributed by atoms with Crippen LogP contribution in [0.25, 0.3) is 0 Å². The van der Waals surface area contributed by atoms with Crippen LogP contribution < -0.4 is 0 Å². The molecule has 0 amide bonds. The Morgan fingerprint density at radius 3 is 2.81 bits per heavy atom. The van der Waals surface area contributed by atoms with E-state index in [9.17, 15) is 9.90 Å². The minimum absolute atomic E-state index is 0.103. The van der Waals surface area contributed by atoms with E-state index in [1.54, 1.807) is 0 Å². The first-order valence-electron chi connectivity index (χ1n) is 8.92. The van der Waals surface area contributed by atoms with Crippen LogP contribution in [0.3, 0.4) is 0 Å². The first-order chi connectivity index (χ1) is 10.0. The van der Waals surface area contributed by atoms with Crippen LogP contribution in [0.1, 0.15) is 58.8 Å². The lowest BCUT2D eigenvalue weighted by atomic mass is 9.52. The summed E-state index contributed by atoms with van der Waals surface area (Å²) in [6.45, 7) is 4.58. The number of aliphatic hydroxyl groups is 1. The van der Waals surface area contributed by atoms with Gasteiger partial charge >= 0.3 is 0 Å². The smallest absolute Gasteiger partial charge is 0.155 e. The van der Waals surface area contributed by atoms with Crippen LogP contribution in [0.4, 0.5) is 0 Å². The fourth-order valence-corrected chi connectivity index (χ4v) is 6.52. The Hall–Kier alpha value is -0.630. The molecule has 7 atom stereocenters. The molecule has 0 radical (unpaired) electrons. The molecule has 0 aliphatic heterocycles. The molecule has 2 heteroatoms. The van der Waals surface area contributed by atoms with E-state index in [1.165, 1.54) is 31.3 Å². The molecule has 0 saturated heterocycles. The van der Waals surface area contributed by atoms with Crippen LogP contribution in [-0.2, 0) is 4.79 Å². The SMILES string of the molecule is C[C@@H]1C[C@H]2[C@@H]3CCC4=CC(=O)CC[C@@H]4[C@H]3CC[C@]2(C)[C@@H]1O. The zero-order valence-electron chi connectivity index (χ0n) is 13.3. The molecule has 0 spiro atoms. The first-order valence-corrected chi connectivity index (χ1v) is 8.92. The number of aliphatic hydroxyl groups excluding tert-OH is 1. The van der Waals surface area contributed by atoms with E-state index >= 15 is 0 Å². The molecule has 3 saturated carbocycles. The number of hydrogen-bond donors (Lipinski definition) is 1. The van der Waals surface area contributed by atoms with Crippen LogP contribution in [0.2, 0.25) is 0 Å². The molecular formula is C19H28O2. The lowest BCUT2D eigenvalue weighted by Crippen LogP contribution is -2.47. The van der Waals surface area contributed by atoms with Crippen molar-refractivity contribution in [3.05, 3.63) is 11.6 Å². The summed E-state index contributed by atoms with van der Waals surface area (Å²) in [6, 6.07) is 0. The van der Waals surface area contributed by atoms with Gasteiger partial charge in [-0.25, -0.2) is 0 Å². The van der Waals surface area contributed by atoms with Crippen LogP contribution in [0, 0.1) is 35.0 Å². The molecule has 0 aromatic heterocycles. The van der Waals surface area contributed by atoms with Crippen molar-refractivity contribution >= 4 is 5.78 Å². The Morgan fingerprint density at radius 2 is 2.00 bits per heavy atom. The second kappa shape index (κ2) is 4.68. The Morgan fingerprint density at radius 1 is 1.19 bits per heavy atom. The highest BCUT2D eigenvalue weighted by atomic mass is 16.3. The predicted octanol–water partition coefficient (Wildman–Crippen LogP) is 3.74. The summed E-state index contributed by atoms with van der Waals surface area (Å²) in [5.74, 6) is 3.78. The van der Waals surface area contributed by atoms with E-state index in [2.05, 4.69) is 13.8 Å². The summed E-state index contributed by atoms with van der Waals surface area (Å²) in [4.78, 5) is 11.7. The van der Waals surface area contributed by atoms with Gasteiger partial charge in [0, 0.05) is 6.42 Å². The Kier molecular flexibility index (Phi) is 3.12. The van der Waals surface area contributed by atoms with Crippen molar-refractivity contribution < 1.29 is 9.90 Å². The molecule has 0 aromatic carbocycles. The highest BCUT2D eigenvalue weighted by Gasteiger charge is 2.57. The molecule has 4 aliphatic rings. The second-order valence-corrected chi connectivity index (χ2v) is 8.51. The molecule has 21 heavy (non-hydrogen) atoms. The molecule has 2 nitrogen and oxygen atoms in total. The lowest BCUT2D eigenvalue weighted by molar-refractivity contribution is -0.116. The molecule has 0 heterocycles. The summed E-state index contributed by atoms with van der Waals surface area (Å²) in [7, 11) is 0. The van der Waals surface area contributed by atoms with Crippen LogP contribution in [0.15, 0.2) is 11.6 Å². The van der Waals surface area contributed by atoms with Gasteiger partial charge in [0.25, 0.3) is 0 Å². The molecule has 0 aromatic rings. The van der Waals surface area contributed by atoms with Crippen molar-refractivity contribution in [2.24, 2.45) is 35.0 Å².